The smallest absolute Gasteiger partial charge is 0.394 e. The van der Waals surface area contributed by atoms with Crippen LogP contribution >= 0.6 is 0 Å². The highest BCUT2D eigenvalue weighted by atomic mass is 32.3. The molecule has 0 aliphatic rings. The quantitative estimate of drug-likeness (QED) is 0.241. The topological polar surface area (TPSA) is 158 Å². The number of nitrogens with zero attached hydrogens (tertiary/aromatic N) is 1. The Labute approximate surface area is 89.3 Å². The van der Waals surface area contributed by atoms with Gasteiger partial charge in [-0.2, -0.15) is 8.42 Å². The van der Waals surface area contributed by atoms with Gasteiger partial charge in [-0.15, -0.1) is 0 Å². The summed E-state index contributed by atoms with van der Waals surface area (Å²) in [6.07, 6.45) is 0. The molecule has 0 heterocycles. The minimum Gasteiger partial charge on any atom is -0.504 e. The first kappa shape index (κ1) is 14.1. The summed E-state index contributed by atoms with van der Waals surface area (Å²) in [4.78, 5) is 9.42. The molecule has 16 heavy (non-hydrogen) atoms. The van der Waals surface area contributed by atoms with Crippen molar-refractivity contribution in [2.75, 3.05) is 0 Å². The summed E-state index contributed by atoms with van der Waals surface area (Å²) < 4.78 is 31.6. The second kappa shape index (κ2) is 5.25. The monoisotopic (exact) mass is 253 g/mol. The highest BCUT2D eigenvalue weighted by Crippen LogP contribution is 2.28. The average molecular weight is 253 g/mol. The normalized spacial score (nSPS) is 10.1. The molecule has 90 valence electrons. The molecular weight excluding hydrogens is 246 g/mol. The van der Waals surface area contributed by atoms with Gasteiger partial charge in [-0.05, 0) is 6.07 Å². The number of aromatic hydroxyl groups is 2. The number of phenolic OH excluding ortho intramolecular Hbond substituents is 2. The highest BCUT2D eigenvalue weighted by molar-refractivity contribution is 7.79. The Balaban J connectivity index is 0.000000385. The third-order valence-corrected chi connectivity index (χ3v) is 1.17. The molecule has 0 saturated heterocycles. The number of hydrogen-bond acceptors (Lipinski definition) is 6. The number of phenols is 2. The predicted octanol–water partition coefficient (Wildman–Crippen LogP) is 0.353. The van der Waals surface area contributed by atoms with Crippen LogP contribution in [0.15, 0.2) is 18.2 Å². The van der Waals surface area contributed by atoms with E-state index in [4.69, 9.17) is 27.7 Å². The van der Waals surface area contributed by atoms with E-state index < -0.39 is 21.1 Å². The SMILES string of the molecule is O=S(=O)(O)O.O=[N+]([O-])c1ccc(O)c(O)c1. The first-order valence-corrected chi connectivity index (χ1v) is 4.87. The molecule has 4 N–H and O–H groups in total. The Kier molecular flexibility index (Phi) is 4.62. The van der Waals surface area contributed by atoms with E-state index in [9.17, 15) is 10.1 Å². The van der Waals surface area contributed by atoms with E-state index in [1.807, 2.05) is 0 Å². The van der Waals surface area contributed by atoms with Crippen LogP contribution < -0.4 is 0 Å². The lowest BCUT2D eigenvalue weighted by Gasteiger charge is -1.94. The van der Waals surface area contributed by atoms with E-state index in [1.54, 1.807) is 0 Å². The summed E-state index contributed by atoms with van der Waals surface area (Å²) in [7, 11) is -4.67. The van der Waals surface area contributed by atoms with Crippen LogP contribution in [-0.4, -0.2) is 32.7 Å². The maximum absolute atomic E-state index is 10.1. The molecule has 0 spiro atoms. The molecule has 0 unspecified atom stereocenters. The van der Waals surface area contributed by atoms with Crippen molar-refractivity contribution in [3.05, 3.63) is 28.3 Å². The predicted molar refractivity (Wildman–Crippen MR) is 50.6 cm³/mol. The molecule has 0 fully saturated rings. The van der Waals surface area contributed by atoms with Gasteiger partial charge in [0.2, 0.25) is 0 Å². The van der Waals surface area contributed by atoms with Crippen molar-refractivity contribution in [3.8, 4) is 11.5 Å². The van der Waals surface area contributed by atoms with Gasteiger partial charge in [0.25, 0.3) is 5.69 Å². The second-order valence-corrected chi connectivity index (χ2v) is 3.27. The molecule has 0 bridgehead atoms. The Bertz CT molecular complexity index is 473. The fourth-order valence-electron chi connectivity index (χ4n) is 0.625. The zero-order valence-electron chi connectivity index (χ0n) is 7.51. The first-order valence-electron chi connectivity index (χ1n) is 3.47. The minimum absolute atomic E-state index is 0.250. The molecule has 0 atom stereocenters. The van der Waals surface area contributed by atoms with Gasteiger partial charge in [0.15, 0.2) is 11.5 Å². The molecule has 0 amide bonds. The van der Waals surface area contributed by atoms with Gasteiger partial charge in [-0.3, -0.25) is 19.2 Å². The van der Waals surface area contributed by atoms with Gasteiger partial charge in [0, 0.05) is 6.07 Å². The minimum atomic E-state index is -4.67. The fourth-order valence-corrected chi connectivity index (χ4v) is 0.625. The van der Waals surface area contributed by atoms with Crippen molar-refractivity contribution in [2.24, 2.45) is 0 Å². The number of non-ortho nitro benzene ring substituents is 1. The van der Waals surface area contributed by atoms with E-state index in [2.05, 4.69) is 0 Å². The van der Waals surface area contributed by atoms with Gasteiger partial charge in [0.1, 0.15) is 0 Å². The van der Waals surface area contributed by atoms with Crippen LogP contribution in [0.2, 0.25) is 0 Å². The lowest BCUT2D eigenvalue weighted by Crippen LogP contribution is -1.89. The standard InChI is InChI=1S/C6H5NO4.H2O4S/c8-5-2-1-4(7(10)11)3-6(5)9;1-5(2,3)4/h1-3,8-9H;(H2,1,2,3,4). The zero-order valence-corrected chi connectivity index (χ0v) is 8.33. The molecule has 9 nitrogen and oxygen atoms in total. The van der Waals surface area contributed by atoms with Crippen LogP contribution in [0, 0.1) is 10.1 Å². The second-order valence-electron chi connectivity index (χ2n) is 2.38. The van der Waals surface area contributed by atoms with Gasteiger partial charge in [-0.25, -0.2) is 0 Å². The van der Waals surface area contributed by atoms with Crippen molar-refractivity contribution in [3.63, 3.8) is 0 Å². The van der Waals surface area contributed by atoms with E-state index >= 15 is 0 Å². The number of nitro groups is 1. The number of rotatable bonds is 1. The molecule has 0 saturated carbocycles. The summed E-state index contributed by atoms with van der Waals surface area (Å²) in [5, 5.41) is 27.6. The maximum Gasteiger partial charge on any atom is 0.394 e. The third kappa shape index (κ3) is 6.53. The number of nitro benzene ring substituents is 1. The van der Waals surface area contributed by atoms with Crippen molar-refractivity contribution in [2.45, 2.75) is 0 Å². The van der Waals surface area contributed by atoms with E-state index in [0.29, 0.717) is 0 Å². The van der Waals surface area contributed by atoms with E-state index in [1.165, 1.54) is 0 Å². The molecule has 1 aromatic carbocycles. The molecule has 1 aromatic rings. The first-order chi connectivity index (χ1) is 7.11. The van der Waals surface area contributed by atoms with Crippen molar-refractivity contribution >= 4 is 16.1 Å². The van der Waals surface area contributed by atoms with Crippen LogP contribution in [0.3, 0.4) is 0 Å². The van der Waals surface area contributed by atoms with E-state index in [0.717, 1.165) is 18.2 Å². The molecule has 0 aliphatic carbocycles. The molecule has 0 aliphatic heterocycles. The molecule has 10 heteroatoms. The summed E-state index contributed by atoms with van der Waals surface area (Å²) in [6.45, 7) is 0. The summed E-state index contributed by atoms with van der Waals surface area (Å²) in [5.41, 5.74) is -0.250. The zero-order chi connectivity index (χ0) is 12.9. The van der Waals surface area contributed by atoms with Crippen molar-refractivity contribution in [1.29, 1.82) is 0 Å². The number of hydrogen-bond donors (Lipinski definition) is 4. The summed E-state index contributed by atoms with van der Waals surface area (Å²) in [5.74, 6) is -0.852. The van der Waals surface area contributed by atoms with Crippen LogP contribution in [0.25, 0.3) is 0 Å². The lowest BCUT2D eigenvalue weighted by molar-refractivity contribution is -0.385. The van der Waals surface area contributed by atoms with Crippen LogP contribution in [0.1, 0.15) is 0 Å². The van der Waals surface area contributed by atoms with Gasteiger partial charge >= 0.3 is 10.4 Å². The molecule has 0 aromatic heterocycles. The van der Waals surface area contributed by atoms with Crippen molar-refractivity contribution < 1.29 is 32.7 Å². The summed E-state index contributed by atoms with van der Waals surface area (Å²) in [6, 6.07) is 3.05. The van der Waals surface area contributed by atoms with Crippen molar-refractivity contribution in [1.82, 2.24) is 0 Å². The lowest BCUT2D eigenvalue weighted by atomic mass is 10.3. The maximum atomic E-state index is 10.1. The fraction of sp³-hybridized carbons (Fsp3) is 0. The number of benzene rings is 1. The largest absolute Gasteiger partial charge is 0.504 e. The Morgan fingerprint density at radius 1 is 1.12 bits per heavy atom. The Morgan fingerprint density at radius 2 is 1.56 bits per heavy atom. The van der Waals surface area contributed by atoms with Gasteiger partial charge in [-0.1, -0.05) is 0 Å². The van der Waals surface area contributed by atoms with Crippen LogP contribution in [-0.2, 0) is 10.4 Å². The van der Waals surface area contributed by atoms with Crippen LogP contribution in [0.4, 0.5) is 5.69 Å². The molecule has 0 radical (unpaired) electrons. The average Bonchev–Trinajstić information content (AvgIpc) is 2.06. The van der Waals surface area contributed by atoms with Gasteiger partial charge < -0.3 is 10.2 Å². The molecule has 1 rings (SSSR count). The summed E-state index contributed by atoms with van der Waals surface area (Å²) >= 11 is 0. The third-order valence-electron chi connectivity index (χ3n) is 1.17. The van der Waals surface area contributed by atoms with E-state index in [-0.39, 0.29) is 11.4 Å². The Hall–Kier alpha value is -1.91. The molecular formula is C6H7NO8S. The Morgan fingerprint density at radius 3 is 1.88 bits per heavy atom. The highest BCUT2D eigenvalue weighted by Gasteiger charge is 2.07. The van der Waals surface area contributed by atoms with Gasteiger partial charge in [0.05, 0.1) is 11.0 Å². The van der Waals surface area contributed by atoms with Crippen LogP contribution in [0.5, 0.6) is 11.5 Å².